The van der Waals surface area contributed by atoms with E-state index in [1.165, 1.54) is 24.3 Å². The second kappa shape index (κ2) is 6.26. The molecule has 0 saturated carbocycles. The van der Waals surface area contributed by atoms with Gasteiger partial charge in [-0.2, -0.15) is 0 Å². The van der Waals surface area contributed by atoms with Gasteiger partial charge >= 0.3 is 5.97 Å². The summed E-state index contributed by atoms with van der Waals surface area (Å²) in [6.45, 7) is 3.36. The first-order valence-electron chi connectivity index (χ1n) is 5.72. The van der Waals surface area contributed by atoms with Crippen molar-refractivity contribution >= 4 is 12.4 Å². The molecule has 4 nitrogen and oxygen atoms in total. The number of rotatable bonds is 6. The van der Waals surface area contributed by atoms with Crippen LogP contribution in [0.4, 0.5) is 8.78 Å². The van der Waals surface area contributed by atoms with Gasteiger partial charge in [0.15, 0.2) is 6.04 Å². The van der Waals surface area contributed by atoms with E-state index in [-0.39, 0.29) is 17.2 Å². The minimum Gasteiger partial charge on any atom is -0.479 e. The fourth-order valence-corrected chi connectivity index (χ4v) is 1.75. The fourth-order valence-electron chi connectivity index (χ4n) is 1.75. The lowest BCUT2D eigenvalue weighted by molar-refractivity contribution is -0.147. The molecule has 0 spiro atoms. The van der Waals surface area contributed by atoms with Crippen LogP contribution < -0.4 is 0 Å². The minimum absolute atomic E-state index is 0.185. The highest BCUT2D eigenvalue weighted by Crippen LogP contribution is 2.25. The van der Waals surface area contributed by atoms with E-state index in [4.69, 9.17) is 0 Å². The Morgan fingerprint density at radius 2 is 1.68 bits per heavy atom. The van der Waals surface area contributed by atoms with Crippen molar-refractivity contribution in [3.05, 3.63) is 35.4 Å². The molecular weight excluding hydrogens is 256 g/mol. The maximum atomic E-state index is 12.4. The van der Waals surface area contributed by atoms with Crippen LogP contribution in [0.1, 0.15) is 37.4 Å². The Morgan fingerprint density at radius 1 is 1.21 bits per heavy atom. The summed E-state index contributed by atoms with van der Waals surface area (Å²) in [5, 5.41) is 9.21. The number of carbonyl (C=O) groups is 2. The van der Waals surface area contributed by atoms with Crippen molar-refractivity contribution < 1.29 is 23.5 Å². The Morgan fingerprint density at radius 3 is 2.00 bits per heavy atom. The molecular formula is C13H15F2NO3. The molecule has 0 aliphatic carbocycles. The topological polar surface area (TPSA) is 57.6 Å². The molecule has 0 radical (unpaired) electrons. The van der Waals surface area contributed by atoms with Crippen LogP contribution in [0.2, 0.25) is 0 Å². The summed E-state index contributed by atoms with van der Waals surface area (Å²) in [6, 6.07) is 3.45. The van der Waals surface area contributed by atoms with Gasteiger partial charge in [-0.1, -0.05) is 24.3 Å². The number of hydrogen-bond donors (Lipinski definition) is 1. The van der Waals surface area contributed by atoms with Gasteiger partial charge in [0.05, 0.1) is 0 Å². The second-order valence-electron chi connectivity index (χ2n) is 4.35. The number of amides is 1. The van der Waals surface area contributed by atoms with Crippen LogP contribution in [-0.2, 0) is 9.59 Å². The third kappa shape index (κ3) is 3.49. The summed E-state index contributed by atoms with van der Waals surface area (Å²) >= 11 is 0. The monoisotopic (exact) mass is 271 g/mol. The predicted octanol–water partition coefficient (Wildman–Crippen LogP) is 2.62. The normalized spacial score (nSPS) is 12.5. The zero-order valence-electron chi connectivity index (χ0n) is 10.6. The summed E-state index contributed by atoms with van der Waals surface area (Å²) < 4.78 is 24.9. The molecule has 0 bridgehead atoms. The first-order chi connectivity index (χ1) is 8.88. The van der Waals surface area contributed by atoms with Gasteiger partial charge in [-0.15, -0.1) is 0 Å². The average Bonchev–Trinajstić information content (AvgIpc) is 2.34. The molecule has 1 unspecified atom stereocenters. The summed E-state index contributed by atoms with van der Waals surface area (Å²) in [6.07, 6.45) is -2.16. The summed E-state index contributed by atoms with van der Waals surface area (Å²) in [5.41, 5.74) is 0.104. The van der Waals surface area contributed by atoms with Crippen molar-refractivity contribution in [2.75, 3.05) is 0 Å². The van der Waals surface area contributed by atoms with E-state index in [0.717, 1.165) is 4.90 Å². The van der Waals surface area contributed by atoms with Gasteiger partial charge < -0.3 is 10.0 Å². The Kier molecular flexibility index (Phi) is 4.97. The largest absolute Gasteiger partial charge is 0.479 e. The second-order valence-corrected chi connectivity index (χ2v) is 4.35. The van der Waals surface area contributed by atoms with Crippen LogP contribution in [0.25, 0.3) is 0 Å². The number of carboxylic acid groups (broad SMARTS) is 1. The Bertz CT molecular complexity index is 446. The van der Waals surface area contributed by atoms with Crippen LogP contribution in [0, 0.1) is 0 Å². The summed E-state index contributed by atoms with van der Waals surface area (Å²) in [5.74, 6) is -1.20. The number of aliphatic carboxylic acids is 1. The molecule has 1 rings (SSSR count). The van der Waals surface area contributed by atoms with Crippen LogP contribution in [0.15, 0.2) is 24.3 Å². The molecule has 0 saturated heterocycles. The molecule has 104 valence electrons. The van der Waals surface area contributed by atoms with E-state index in [9.17, 15) is 23.5 Å². The van der Waals surface area contributed by atoms with Gasteiger partial charge in [0.1, 0.15) is 0 Å². The van der Waals surface area contributed by atoms with E-state index in [1.807, 2.05) is 0 Å². The van der Waals surface area contributed by atoms with E-state index in [0.29, 0.717) is 6.41 Å². The standard InChI is InChI=1S/C13H15F2NO3/c1-8(2)16(7-17)11(13(18)19)9-3-5-10(6-4-9)12(14)15/h3-8,11-12H,1-2H3,(H,18,19). The number of alkyl halides is 2. The maximum absolute atomic E-state index is 12.4. The van der Waals surface area contributed by atoms with Crippen LogP contribution in [0.5, 0.6) is 0 Å². The average molecular weight is 271 g/mol. The van der Waals surface area contributed by atoms with Crippen molar-refractivity contribution in [1.29, 1.82) is 0 Å². The molecule has 1 aromatic carbocycles. The van der Waals surface area contributed by atoms with E-state index in [2.05, 4.69) is 0 Å². The number of halogens is 2. The van der Waals surface area contributed by atoms with Gasteiger partial charge in [0, 0.05) is 11.6 Å². The van der Waals surface area contributed by atoms with Crippen molar-refractivity contribution in [3.8, 4) is 0 Å². The highest BCUT2D eigenvalue weighted by Gasteiger charge is 2.28. The van der Waals surface area contributed by atoms with Crippen molar-refractivity contribution in [2.24, 2.45) is 0 Å². The third-order valence-electron chi connectivity index (χ3n) is 2.75. The maximum Gasteiger partial charge on any atom is 0.331 e. The molecule has 0 fully saturated rings. The molecule has 1 amide bonds. The molecule has 0 aromatic heterocycles. The molecule has 19 heavy (non-hydrogen) atoms. The lowest BCUT2D eigenvalue weighted by atomic mass is 10.0. The molecule has 1 aromatic rings. The number of hydrogen-bond acceptors (Lipinski definition) is 2. The Hall–Kier alpha value is -1.98. The smallest absolute Gasteiger partial charge is 0.331 e. The highest BCUT2D eigenvalue weighted by atomic mass is 19.3. The quantitative estimate of drug-likeness (QED) is 0.809. The first-order valence-corrected chi connectivity index (χ1v) is 5.72. The van der Waals surface area contributed by atoms with E-state index in [1.54, 1.807) is 13.8 Å². The van der Waals surface area contributed by atoms with Gasteiger partial charge in [-0.05, 0) is 19.4 Å². The molecule has 0 heterocycles. The molecule has 0 aliphatic heterocycles. The molecule has 0 aliphatic rings. The molecule has 1 N–H and O–H groups in total. The summed E-state index contributed by atoms with van der Waals surface area (Å²) in [7, 11) is 0. The van der Waals surface area contributed by atoms with Crippen LogP contribution >= 0.6 is 0 Å². The fraction of sp³-hybridized carbons (Fsp3) is 0.385. The van der Waals surface area contributed by atoms with E-state index < -0.39 is 18.4 Å². The van der Waals surface area contributed by atoms with Gasteiger partial charge in [0.2, 0.25) is 6.41 Å². The number of nitrogens with zero attached hydrogens (tertiary/aromatic N) is 1. The van der Waals surface area contributed by atoms with Crippen molar-refractivity contribution in [2.45, 2.75) is 32.4 Å². The number of benzene rings is 1. The third-order valence-corrected chi connectivity index (χ3v) is 2.75. The van der Waals surface area contributed by atoms with Crippen molar-refractivity contribution in [3.63, 3.8) is 0 Å². The predicted molar refractivity (Wildman–Crippen MR) is 64.8 cm³/mol. The van der Waals surface area contributed by atoms with Crippen LogP contribution in [0.3, 0.4) is 0 Å². The zero-order chi connectivity index (χ0) is 14.6. The molecule has 6 heteroatoms. The Labute approximate surface area is 109 Å². The SMILES string of the molecule is CC(C)N(C=O)C(C(=O)O)c1ccc(C(F)F)cc1. The number of carboxylic acids is 1. The Balaban J connectivity index is 3.12. The lowest BCUT2D eigenvalue weighted by Crippen LogP contribution is -2.38. The zero-order valence-corrected chi connectivity index (χ0v) is 10.6. The van der Waals surface area contributed by atoms with Crippen LogP contribution in [-0.4, -0.2) is 28.4 Å². The van der Waals surface area contributed by atoms with Gasteiger partial charge in [-0.3, -0.25) is 4.79 Å². The van der Waals surface area contributed by atoms with Crippen molar-refractivity contribution in [1.82, 2.24) is 4.90 Å². The van der Waals surface area contributed by atoms with Gasteiger partial charge in [0.25, 0.3) is 6.43 Å². The highest BCUT2D eigenvalue weighted by molar-refractivity contribution is 5.78. The molecule has 1 atom stereocenters. The minimum atomic E-state index is -2.61. The first kappa shape index (κ1) is 15.1. The van der Waals surface area contributed by atoms with Gasteiger partial charge in [-0.25, -0.2) is 13.6 Å². The lowest BCUT2D eigenvalue weighted by Gasteiger charge is -2.28. The summed E-state index contributed by atoms with van der Waals surface area (Å²) in [4.78, 5) is 23.4. The van der Waals surface area contributed by atoms with E-state index >= 15 is 0 Å². The number of carbonyl (C=O) groups excluding carboxylic acids is 1.